The maximum atomic E-state index is 12.8. The van der Waals surface area contributed by atoms with Gasteiger partial charge in [0.05, 0.1) is 16.8 Å². The second kappa shape index (κ2) is 10.6. The maximum absolute atomic E-state index is 12.8. The molecule has 3 N–H and O–H groups in total. The molecule has 10 heteroatoms. The molecule has 3 aromatic rings. The van der Waals surface area contributed by atoms with E-state index in [0.29, 0.717) is 42.6 Å². The van der Waals surface area contributed by atoms with Crippen LogP contribution in [0.3, 0.4) is 0 Å². The number of aromatic nitrogens is 2. The smallest absolute Gasteiger partial charge is 0.412 e. The minimum absolute atomic E-state index is 0.168. The van der Waals surface area contributed by atoms with E-state index in [4.69, 9.17) is 4.74 Å². The summed E-state index contributed by atoms with van der Waals surface area (Å²) >= 11 is 0. The number of amides is 1. The van der Waals surface area contributed by atoms with Gasteiger partial charge in [0.2, 0.25) is 0 Å². The number of anilines is 1. The number of likely N-dealkylation sites (tertiary alicyclic amines) is 1. The number of aliphatic carboxylic acids is 1. The summed E-state index contributed by atoms with van der Waals surface area (Å²) in [7, 11) is 0. The van der Waals surface area contributed by atoms with Gasteiger partial charge in [-0.2, -0.15) is 0 Å². The number of aromatic amines is 1. The Morgan fingerprint density at radius 2 is 1.78 bits per heavy atom. The van der Waals surface area contributed by atoms with Crippen LogP contribution in [-0.4, -0.2) is 56.9 Å². The Bertz CT molecular complexity index is 1400. The normalized spacial score (nSPS) is 18.5. The molecule has 2 unspecified atom stereocenters. The Balaban J connectivity index is 1.41. The molecule has 0 bridgehead atoms. The molecule has 2 atom stereocenters. The summed E-state index contributed by atoms with van der Waals surface area (Å²) in [6.45, 7) is 6.84. The van der Waals surface area contributed by atoms with E-state index in [9.17, 15) is 24.3 Å². The molecule has 2 aromatic carbocycles. The van der Waals surface area contributed by atoms with E-state index in [-0.39, 0.29) is 18.0 Å². The quantitative estimate of drug-likeness (QED) is 0.465. The van der Waals surface area contributed by atoms with Crippen LogP contribution >= 0.6 is 0 Å². The Labute approximate surface area is 213 Å². The number of piperidine rings is 1. The fourth-order valence-corrected chi connectivity index (χ4v) is 4.75. The van der Waals surface area contributed by atoms with Crippen LogP contribution in [0.5, 0.6) is 0 Å². The lowest BCUT2D eigenvalue weighted by molar-refractivity contribution is -0.144. The van der Waals surface area contributed by atoms with E-state index >= 15 is 0 Å². The maximum Gasteiger partial charge on any atom is 0.412 e. The number of carboxylic acid groups (broad SMARTS) is 1. The Hall–Kier alpha value is -3.92. The average molecular weight is 509 g/mol. The first-order valence-electron chi connectivity index (χ1n) is 12.3. The topological polar surface area (TPSA) is 134 Å². The van der Waals surface area contributed by atoms with E-state index in [1.807, 2.05) is 17.0 Å². The van der Waals surface area contributed by atoms with Gasteiger partial charge in [-0.25, -0.2) is 9.59 Å². The van der Waals surface area contributed by atoms with Crippen molar-refractivity contribution in [1.29, 1.82) is 0 Å². The predicted molar refractivity (Wildman–Crippen MR) is 140 cm³/mol. The van der Waals surface area contributed by atoms with Crippen molar-refractivity contribution in [2.45, 2.75) is 45.3 Å². The van der Waals surface area contributed by atoms with Gasteiger partial charge < -0.3 is 19.7 Å². The summed E-state index contributed by atoms with van der Waals surface area (Å²) < 4.78 is 6.43. The van der Waals surface area contributed by atoms with Gasteiger partial charge in [-0.15, -0.1) is 0 Å². The molecule has 0 spiro atoms. The fraction of sp³-hybridized carbons (Fsp3) is 0.407. The molecule has 1 aromatic heterocycles. The number of carboxylic acids is 1. The van der Waals surface area contributed by atoms with Crippen molar-refractivity contribution in [2.24, 2.45) is 5.92 Å². The molecule has 0 aliphatic carbocycles. The number of nitrogens with one attached hydrogen (secondary N) is 2. The zero-order valence-corrected chi connectivity index (χ0v) is 21.2. The molecule has 196 valence electrons. The summed E-state index contributed by atoms with van der Waals surface area (Å²) in [6, 6.07) is 14.0. The fourth-order valence-electron chi connectivity index (χ4n) is 4.75. The van der Waals surface area contributed by atoms with Gasteiger partial charge in [-0.1, -0.05) is 24.3 Å². The SMILES string of the molecule is CC(C)(C)OC(=O)Nc1ccc(C2CCN(CCn3c(=O)[nH]c4ccccc4c3=O)CC2C(=O)O)cc1. The number of carbonyl (C=O) groups is 2. The highest BCUT2D eigenvalue weighted by Crippen LogP contribution is 2.34. The summed E-state index contributed by atoms with van der Waals surface area (Å²) in [5.74, 6) is -1.74. The van der Waals surface area contributed by atoms with Gasteiger partial charge in [-0.3, -0.25) is 19.5 Å². The van der Waals surface area contributed by atoms with Crippen LogP contribution in [0.2, 0.25) is 0 Å². The van der Waals surface area contributed by atoms with E-state index in [2.05, 4.69) is 10.3 Å². The summed E-state index contributed by atoms with van der Waals surface area (Å²) in [5.41, 5.74) is 0.491. The van der Waals surface area contributed by atoms with Crippen LogP contribution < -0.4 is 16.6 Å². The van der Waals surface area contributed by atoms with Gasteiger partial charge in [-0.05, 0) is 69.5 Å². The monoisotopic (exact) mass is 508 g/mol. The highest BCUT2D eigenvalue weighted by atomic mass is 16.6. The third-order valence-corrected chi connectivity index (χ3v) is 6.53. The lowest BCUT2D eigenvalue weighted by atomic mass is 9.80. The molecule has 1 saturated heterocycles. The number of fused-ring (bicyclic) bond motifs is 1. The Morgan fingerprint density at radius 1 is 1.08 bits per heavy atom. The second-order valence-electron chi connectivity index (χ2n) is 10.3. The predicted octanol–water partition coefficient (Wildman–Crippen LogP) is 3.23. The minimum atomic E-state index is -0.897. The number of benzene rings is 2. The zero-order valence-electron chi connectivity index (χ0n) is 21.2. The minimum Gasteiger partial charge on any atom is -0.481 e. The van der Waals surface area contributed by atoms with E-state index in [1.165, 1.54) is 4.57 Å². The van der Waals surface area contributed by atoms with Gasteiger partial charge in [0.15, 0.2) is 0 Å². The molecule has 2 heterocycles. The average Bonchev–Trinajstić information content (AvgIpc) is 2.83. The van der Waals surface area contributed by atoms with Crippen molar-refractivity contribution in [2.75, 3.05) is 25.0 Å². The van der Waals surface area contributed by atoms with Gasteiger partial charge in [0.1, 0.15) is 5.60 Å². The number of hydrogen-bond donors (Lipinski definition) is 3. The van der Waals surface area contributed by atoms with Crippen molar-refractivity contribution in [3.8, 4) is 0 Å². The number of hydrogen-bond acceptors (Lipinski definition) is 6. The standard InChI is InChI=1S/C27H32N4O6/c1-27(2,3)37-26(36)28-18-10-8-17(9-11-18)19-12-13-30(16-21(19)24(33)34)14-15-31-23(32)20-6-4-5-7-22(20)29-25(31)35/h4-11,19,21H,12-16H2,1-3H3,(H,28,36)(H,29,35)(H,33,34). The molecule has 1 amide bonds. The zero-order chi connectivity index (χ0) is 26.7. The van der Waals surface area contributed by atoms with Crippen LogP contribution in [-0.2, 0) is 16.1 Å². The first-order chi connectivity index (χ1) is 17.5. The molecule has 1 fully saturated rings. The van der Waals surface area contributed by atoms with Crippen molar-refractivity contribution >= 4 is 28.7 Å². The molecule has 1 aliphatic rings. The first-order valence-corrected chi connectivity index (χ1v) is 12.3. The number of para-hydroxylation sites is 1. The highest BCUT2D eigenvalue weighted by Gasteiger charge is 2.35. The molecule has 10 nitrogen and oxygen atoms in total. The lowest BCUT2D eigenvalue weighted by Gasteiger charge is -2.36. The van der Waals surface area contributed by atoms with Crippen molar-refractivity contribution in [3.63, 3.8) is 0 Å². The molecule has 0 radical (unpaired) electrons. The third-order valence-electron chi connectivity index (χ3n) is 6.53. The number of ether oxygens (including phenoxy) is 1. The number of nitrogens with zero attached hydrogens (tertiary/aromatic N) is 2. The molecule has 0 saturated carbocycles. The number of rotatable bonds is 6. The molecular weight excluding hydrogens is 476 g/mol. The van der Waals surface area contributed by atoms with Crippen LogP contribution in [0.25, 0.3) is 10.9 Å². The van der Waals surface area contributed by atoms with Crippen LogP contribution in [0.1, 0.15) is 38.7 Å². The van der Waals surface area contributed by atoms with Crippen LogP contribution in [0.4, 0.5) is 10.5 Å². The summed E-state index contributed by atoms with van der Waals surface area (Å²) in [4.78, 5) is 54.1. The van der Waals surface area contributed by atoms with Gasteiger partial charge >= 0.3 is 17.8 Å². The van der Waals surface area contributed by atoms with Crippen LogP contribution in [0.15, 0.2) is 58.1 Å². The molecule has 1 aliphatic heterocycles. The second-order valence-corrected chi connectivity index (χ2v) is 10.3. The Kier molecular flexibility index (Phi) is 7.49. The van der Waals surface area contributed by atoms with Gasteiger partial charge in [0, 0.05) is 25.3 Å². The summed E-state index contributed by atoms with van der Waals surface area (Å²) in [6.07, 6.45) is 0.0556. The third kappa shape index (κ3) is 6.26. The molecular formula is C27H32N4O6. The van der Waals surface area contributed by atoms with E-state index in [1.54, 1.807) is 57.2 Å². The molecule has 4 rings (SSSR count). The van der Waals surface area contributed by atoms with Crippen LogP contribution in [0, 0.1) is 5.92 Å². The number of H-pyrrole nitrogens is 1. The molecule has 37 heavy (non-hydrogen) atoms. The number of carbonyl (C=O) groups excluding carboxylic acids is 1. The lowest BCUT2D eigenvalue weighted by Crippen LogP contribution is -2.46. The highest BCUT2D eigenvalue weighted by molar-refractivity contribution is 5.84. The Morgan fingerprint density at radius 3 is 2.46 bits per heavy atom. The van der Waals surface area contributed by atoms with E-state index < -0.39 is 29.3 Å². The van der Waals surface area contributed by atoms with Crippen molar-refractivity contribution in [3.05, 3.63) is 74.9 Å². The largest absolute Gasteiger partial charge is 0.481 e. The van der Waals surface area contributed by atoms with Gasteiger partial charge in [0.25, 0.3) is 5.56 Å². The van der Waals surface area contributed by atoms with E-state index in [0.717, 1.165) is 5.56 Å². The van der Waals surface area contributed by atoms with Crippen molar-refractivity contribution in [1.82, 2.24) is 14.5 Å². The summed E-state index contributed by atoms with van der Waals surface area (Å²) in [5, 5.41) is 13.1. The first kappa shape index (κ1) is 26.2. The van der Waals surface area contributed by atoms with Crippen molar-refractivity contribution < 1.29 is 19.4 Å².